The van der Waals surface area contributed by atoms with Gasteiger partial charge in [0.1, 0.15) is 5.75 Å². The zero-order valence-corrected chi connectivity index (χ0v) is 15.8. The SMILES string of the molecule is CCOc1ccccc1OCC(=O)NNC(=O)c1cc2c(cc1O)CCCC2. The Balaban J connectivity index is 1.54. The van der Waals surface area contributed by atoms with E-state index in [1.165, 1.54) is 0 Å². The Kier molecular flexibility index (Phi) is 6.37. The number of rotatable bonds is 6. The summed E-state index contributed by atoms with van der Waals surface area (Å²) in [7, 11) is 0. The second-order valence-corrected chi connectivity index (χ2v) is 6.52. The maximum Gasteiger partial charge on any atom is 0.276 e. The second kappa shape index (κ2) is 9.12. The molecule has 7 nitrogen and oxygen atoms in total. The summed E-state index contributed by atoms with van der Waals surface area (Å²) in [6.07, 6.45) is 3.94. The highest BCUT2D eigenvalue weighted by Crippen LogP contribution is 2.28. The third-order valence-electron chi connectivity index (χ3n) is 4.53. The van der Waals surface area contributed by atoms with Crippen LogP contribution in [0.25, 0.3) is 0 Å². The fourth-order valence-corrected chi connectivity index (χ4v) is 3.17. The van der Waals surface area contributed by atoms with Crippen molar-refractivity contribution in [1.29, 1.82) is 0 Å². The van der Waals surface area contributed by atoms with Crippen LogP contribution in [0.15, 0.2) is 36.4 Å². The molecule has 0 aromatic heterocycles. The highest BCUT2D eigenvalue weighted by Gasteiger charge is 2.18. The quantitative estimate of drug-likeness (QED) is 0.665. The van der Waals surface area contributed by atoms with Gasteiger partial charge in [0.25, 0.3) is 11.8 Å². The highest BCUT2D eigenvalue weighted by molar-refractivity contribution is 5.98. The summed E-state index contributed by atoms with van der Waals surface area (Å²) in [6.45, 7) is 2.04. The van der Waals surface area contributed by atoms with Gasteiger partial charge in [-0.1, -0.05) is 12.1 Å². The zero-order valence-electron chi connectivity index (χ0n) is 15.8. The lowest BCUT2D eigenvalue weighted by molar-refractivity contribution is -0.123. The van der Waals surface area contributed by atoms with Crippen LogP contribution in [-0.4, -0.2) is 30.1 Å². The summed E-state index contributed by atoms with van der Waals surface area (Å²) in [6, 6.07) is 10.4. The number of carbonyl (C=O) groups excluding carboxylic acids is 2. The molecule has 3 N–H and O–H groups in total. The number of amides is 2. The monoisotopic (exact) mass is 384 g/mol. The molecule has 0 atom stereocenters. The molecule has 0 radical (unpaired) electrons. The van der Waals surface area contributed by atoms with Crippen LogP contribution in [0.4, 0.5) is 0 Å². The number of ether oxygens (including phenoxy) is 2. The number of hydrogen-bond acceptors (Lipinski definition) is 5. The topological polar surface area (TPSA) is 96.9 Å². The van der Waals surface area contributed by atoms with E-state index in [1.807, 2.05) is 13.0 Å². The molecule has 0 spiro atoms. The highest BCUT2D eigenvalue weighted by atomic mass is 16.5. The van der Waals surface area contributed by atoms with E-state index in [9.17, 15) is 14.7 Å². The Bertz CT molecular complexity index is 866. The fraction of sp³-hybridized carbons (Fsp3) is 0.333. The number of carbonyl (C=O) groups is 2. The molecule has 0 aliphatic heterocycles. The molecule has 0 saturated heterocycles. The lowest BCUT2D eigenvalue weighted by Gasteiger charge is -2.17. The molecule has 0 fully saturated rings. The maximum absolute atomic E-state index is 12.3. The van der Waals surface area contributed by atoms with Crippen LogP contribution < -0.4 is 20.3 Å². The number of fused-ring (bicyclic) bond motifs is 1. The number of phenolic OH excluding ortho intramolecular Hbond substituents is 1. The summed E-state index contributed by atoms with van der Waals surface area (Å²) in [5.41, 5.74) is 6.89. The van der Waals surface area contributed by atoms with Crippen LogP contribution in [-0.2, 0) is 17.6 Å². The number of aryl methyl sites for hydroxylation is 2. The zero-order chi connectivity index (χ0) is 19.9. The average molecular weight is 384 g/mol. The van der Waals surface area contributed by atoms with Crippen molar-refractivity contribution in [2.24, 2.45) is 0 Å². The van der Waals surface area contributed by atoms with Crippen LogP contribution in [0.1, 0.15) is 41.3 Å². The van der Waals surface area contributed by atoms with Gasteiger partial charge in [-0.2, -0.15) is 0 Å². The van der Waals surface area contributed by atoms with E-state index in [-0.39, 0.29) is 17.9 Å². The third-order valence-corrected chi connectivity index (χ3v) is 4.53. The molecule has 0 unspecified atom stereocenters. The molecular weight excluding hydrogens is 360 g/mol. The number of hydrogen-bond donors (Lipinski definition) is 3. The lowest BCUT2D eigenvalue weighted by Crippen LogP contribution is -2.43. The minimum absolute atomic E-state index is 0.0886. The van der Waals surface area contributed by atoms with Crippen molar-refractivity contribution >= 4 is 11.8 Å². The predicted octanol–water partition coefficient (Wildman–Crippen LogP) is 2.51. The summed E-state index contributed by atoms with van der Waals surface area (Å²) in [5, 5.41) is 10.1. The van der Waals surface area contributed by atoms with Gasteiger partial charge in [-0.05, 0) is 68.0 Å². The van der Waals surface area contributed by atoms with Gasteiger partial charge in [0.05, 0.1) is 12.2 Å². The first-order valence-electron chi connectivity index (χ1n) is 9.37. The molecule has 2 aromatic carbocycles. The Labute approximate surface area is 163 Å². The molecule has 1 aliphatic carbocycles. The number of benzene rings is 2. The number of aromatic hydroxyl groups is 1. The fourth-order valence-electron chi connectivity index (χ4n) is 3.17. The van der Waals surface area contributed by atoms with Crippen LogP contribution in [0.3, 0.4) is 0 Å². The minimum atomic E-state index is -0.575. The van der Waals surface area contributed by atoms with E-state index < -0.39 is 11.8 Å². The van der Waals surface area contributed by atoms with E-state index in [4.69, 9.17) is 9.47 Å². The number of para-hydroxylation sites is 2. The van der Waals surface area contributed by atoms with E-state index in [1.54, 1.807) is 30.3 Å². The Hall–Kier alpha value is -3.22. The first-order chi connectivity index (χ1) is 13.6. The summed E-state index contributed by atoms with van der Waals surface area (Å²) in [4.78, 5) is 24.3. The molecule has 28 heavy (non-hydrogen) atoms. The van der Waals surface area contributed by atoms with Crippen LogP contribution in [0.2, 0.25) is 0 Å². The van der Waals surface area contributed by atoms with E-state index in [0.29, 0.717) is 18.1 Å². The number of hydrazine groups is 1. The van der Waals surface area contributed by atoms with Crippen LogP contribution >= 0.6 is 0 Å². The molecule has 2 aromatic rings. The first-order valence-corrected chi connectivity index (χ1v) is 9.37. The van der Waals surface area contributed by atoms with Gasteiger partial charge in [-0.15, -0.1) is 0 Å². The first kappa shape index (κ1) is 19.5. The number of nitrogens with one attached hydrogen (secondary N) is 2. The smallest absolute Gasteiger partial charge is 0.276 e. The van der Waals surface area contributed by atoms with Crippen molar-refractivity contribution in [2.45, 2.75) is 32.6 Å². The van der Waals surface area contributed by atoms with Gasteiger partial charge in [0, 0.05) is 0 Å². The van der Waals surface area contributed by atoms with E-state index in [2.05, 4.69) is 10.9 Å². The molecule has 0 saturated carbocycles. The normalized spacial score (nSPS) is 12.6. The summed E-state index contributed by atoms with van der Waals surface area (Å²) < 4.78 is 10.9. The Morgan fingerprint density at radius 3 is 2.32 bits per heavy atom. The molecule has 148 valence electrons. The largest absolute Gasteiger partial charge is 0.507 e. The van der Waals surface area contributed by atoms with E-state index in [0.717, 1.165) is 36.8 Å². The van der Waals surface area contributed by atoms with Crippen molar-refractivity contribution < 1.29 is 24.2 Å². The van der Waals surface area contributed by atoms with Gasteiger partial charge in [0.15, 0.2) is 18.1 Å². The molecule has 1 aliphatic rings. The van der Waals surface area contributed by atoms with Crippen LogP contribution in [0, 0.1) is 0 Å². The van der Waals surface area contributed by atoms with Crippen molar-refractivity contribution in [3.8, 4) is 17.2 Å². The Morgan fingerprint density at radius 2 is 1.64 bits per heavy atom. The van der Waals surface area contributed by atoms with Crippen molar-refractivity contribution in [3.63, 3.8) is 0 Å². The van der Waals surface area contributed by atoms with Gasteiger partial charge in [-0.25, -0.2) is 0 Å². The predicted molar refractivity (Wildman–Crippen MR) is 103 cm³/mol. The third kappa shape index (κ3) is 4.73. The molecular formula is C21H24N2O5. The molecule has 0 heterocycles. The molecule has 7 heteroatoms. The summed E-state index contributed by atoms with van der Waals surface area (Å²) in [5.74, 6) is -0.209. The van der Waals surface area contributed by atoms with Crippen molar-refractivity contribution in [2.75, 3.05) is 13.2 Å². The number of phenols is 1. The standard InChI is InChI=1S/C21H24N2O5/c1-2-27-18-9-5-6-10-19(18)28-13-20(25)22-23-21(26)16-11-14-7-3-4-8-15(14)12-17(16)24/h5-6,9-12,24H,2-4,7-8,13H2,1H3,(H,22,25)(H,23,26). The van der Waals surface area contributed by atoms with Gasteiger partial charge in [0.2, 0.25) is 0 Å². The van der Waals surface area contributed by atoms with Crippen molar-refractivity contribution in [3.05, 3.63) is 53.1 Å². The lowest BCUT2D eigenvalue weighted by atomic mass is 9.90. The van der Waals surface area contributed by atoms with E-state index >= 15 is 0 Å². The Morgan fingerprint density at radius 1 is 1.00 bits per heavy atom. The van der Waals surface area contributed by atoms with Gasteiger partial charge >= 0.3 is 0 Å². The molecule has 0 bridgehead atoms. The molecule has 2 amide bonds. The van der Waals surface area contributed by atoms with Crippen LogP contribution in [0.5, 0.6) is 17.2 Å². The summed E-state index contributed by atoms with van der Waals surface area (Å²) >= 11 is 0. The van der Waals surface area contributed by atoms with Gasteiger partial charge < -0.3 is 14.6 Å². The minimum Gasteiger partial charge on any atom is -0.507 e. The van der Waals surface area contributed by atoms with Crippen molar-refractivity contribution in [1.82, 2.24) is 10.9 Å². The average Bonchev–Trinajstić information content (AvgIpc) is 2.71. The molecule has 3 rings (SSSR count). The van der Waals surface area contributed by atoms with Gasteiger partial charge in [-0.3, -0.25) is 20.4 Å². The second-order valence-electron chi connectivity index (χ2n) is 6.52. The maximum atomic E-state index is 12.3.